The second kappa shape index (κ2) is 8.71. The normalized spacial score (nSPS) is 13.8. The van der Waals surface area contributed by atoms with E-state index in [2.05, 4.69) is 20.8 Å². The molecule has 0 aromatic heterocycles. The molecule has 0 aromatic rings. The van der Waals surface area contributed by atoms with Crippen molar-refractivity contribution in [1.29, 1.82) is 0 Å². The summed E-state index contributed by atoms with van der Waals surface area (Å²) in [5, 5.41) is 8.66. The van der Waals surface area contributed by atoms with Gasteiger partial charge in [0, 0.05) is 19.6 Å². The molecule has 0 saturated carbocycles. The molecule has 3 heteroatoms. The van der Waals surface area contributed by atoms with Crippen LogP contribution in [0, 0.1) is 5.92 Å². The van der Waals surface area contributed by atoms with E-state index in [1.54, 1.807) is 0 Å². The molecule has 0 saturated heterocycles. The van der Waals surface area contributed by atoms with E-state index in [0.717, 1.165) is 25.5 Å². The molecule has 3 nitrogen and oxygen atoms in total. The van der Waals surface area contributed by atoms with Gasteiger partial charge in [0.25, 0.3) is 0 Å². The van der Waals surface area contributed by atoms with Crippen LogP contribution >= 0.6 is 0 Å². The zero-order chi connectivity index (χ0) is 12.4. The van der Waals surface area contributed by atoms with Crippen LogP contribution in [0.25, 0.3) is 0 Å². The maximum atomic E-state index is 10.3. The highest BCUT2D eigenvalue weighted by Crippen LogP contribution is 2.20. The van der Waals surface area contributed by atoms with Gasteiger partial charge >= 0.3 is 0 Å². The molecular weight excluding hydrogens is 204 g/mol. The second-order valence-corrected chi connectivity index (χ2v) is 5.09. The van der Waals surface area contributed by atoms with Crippen LogP contribution in [0.3, 0.4) is 0 Å². The van der Waals surface area contributed by atoms with Crippen LogP contribution in [0.2, 0.25) is 0 Å². The third-order valence-corrected chi connectivity index (χ3v) is 2.77. The molecule has 0 heterocycles. The Kier molecular flexibility index (Phi) is 8.49. The minimum atomic E-state index is -0.115. The molecule has 0 aromatic carbocycles. The Morgan fingerprint density at radius 2 is 2.06 bits per heavy atom. The van der Waals surface area contributed by atoms with Crippen molar-refractivity contribution in [2.24, 2.45) is 5.92 Å². The highest BCUT2D eigenvalue weighted by molar-refractivity contribution is 5.49. The summed E-state index contributed by atoms with van der Waals surface area (Å²) in [7, 11) is 0. The first kappa shape index (κ1) is 15.6. The maximum absolute atomic E-state index is 10.3. The molecule has 1 atom stereocenters. The van der Waals surface area contributed by atoms with Gasteiger partial charge in [-0.15, -0.1) is 0 Å². The van der Waals surface area contributed by atoms with E-state index in [-0.39, 0.29) is 12.2 Å². The van der Waals surface area contributed by atoms with Gasteiger partial charge < -0.3 is 14.6 Å². The number of ether oxygens (including phenoxy) is 1. The molecule has 0 aliphatic heterocycles. The van der Waals surface area contributed by atoms with Crippen molar-refractivity contribution in [1.82, 2.24) is 0 Å². The summed E-state index contributed by atoms with van der Waals surface area (Å²) < 4.78 is 5.68. The topological polar surface area (TPSA) is 46.5 Å². The summed E-state index contributed by atoms with van der Waals surface area (Å²) in [5.74, 6) is 0.478. The second-order valence-electron chi connectivity index (χ2n) is 5.09. The van der Waals surface area contributed by atoms with Gasteiger partial charge in [0.05, 0.1) is 5.60 Å². The lowest BCUT2D eigenvalue weighted by atomic mass is 9.95. The zero-order valence-electron chi connectivity index (χ0n) is 10.9. The average molecular weight is 230 g/mol. The highest BCUT2D eigenvalue weighted by atomic mass is 16.5. The van der Waals surface area contributed by atoms with Crippen LogP contribution in [0.4, 0.5) is 0 Å². The van der Waals surface area contributed by atoms with Gasteiger partial charge in [0.15, 0.2) is 0 Å². The van der Waals surface area contributed by atoms with Gasteiger partial charge in [0.1, 0.15) is 6.29 Å². The lowest BCUT2D eigenvalue weighted by Gasteiger charge is -2.25. The molecular formula is C13H26O3. The molecule has 0 amide bonds. The van der Waals surface area contributed by atoms with Crippen LogP contribution in [-0.4, -0.2) is 30.2 Å². The van der Waals surface area contributed by atoms with Crippen LogP contribution in [0.15, 0.2) is 0 Å². The van der Waals surface area contributed by atoms with Crippen molar-refractivity contribution >= 4 is 6.29 Å². The third kappa shape index (κ3) is 8.86. The quantitative estimate of drug-likeness (QED) is 0.463. The number of carbonyl (C=O) groups excluding carboxylic acids is 1. The molecule has 16 heavy (non-hydrogen) atoms. The van der Waals surface area contributed by atoms with Crippen LogP contribution < -0.4 is 0 Å². The van der Waals surface area contributed by atoms with Gasteiger partial charge in [-0.25, -0.2) is 0 Å². The first-order chi connectivity index (χ1) is 7.52. The van der Waals surface area contributed by atoms with Crippen LogP contribution in [0.5, 0.6) is 0 Å². The number of carbonyl (C=O) groups is 1. The third-order valence-electron chi connectivity index (χ3n) is 2.77. The summed E-state index contributed by atoms with van der Waals surface area (Å²) in [4.78, 5) is 10.3. The van der Waals surface area contributed by atoms with E-state index in [1.165, 1.54) is 0 Å². The molecule has 0 rings (SSSR count). The van der Waals surface area contributed by atoms with Crippen molar-refractivity contribution in [3.63, 3.8) is 0 Å². The summed E-state index contributed by atoms with van der Waals surface area (Å²) in [6.07, 6.45) is 5.51. The van der Waals surface area contributed by atoms with Gasteiger partial charge in [-0.05, 0) is 32.6 Å². The smallest absolute Gasteiger partial charge is 0.120 e. The number of rotatable bonds is 10. The fourth-order valence-electron chi connectivity index (χ4n) is 1.64. The fraction of sp³-hybridized carbons (Fsp3) is 0.923. The highest BCUT2D eigenvalue weighted by Gasteiger charge is 2.17. The Bertz CT molecular complexity index is 178. The molecule has 0 fully saturated rings. The van der Waals surface area contributed by atoms with Crippen molar-refractivity contribution in [2.75, 3.05) is 13.2 Å². The summed E-state index contributed by atoms with van der Waals surface area (Å²) in [6, 6.07) is 0. The monoisotopic (exact) mass is 230 g/mol. The first-order valence-electron chi connectivity index (χ1n) is 6.20. The summed E-state index contributed by atoms with van der Waals surface area (Å²) >= 11 is 0. The average Bonchev–Trinajstić information content (AvgIpc) is 2.18. The molecule has 0 aliphatic carbocycles. The van der Waals surface area contributed by atoms with Gasteiger partial charge in [-0.3, -0.25) is 0 Å². The predicted octanol–water partition coefficient (Wildman–Crippen LogP) is 2.56. The van der Waals surface area contributed by atoms with Crippen LogP contribution in [0.1, 0.15) is 52.9 Å². The van der Waals surface area contributed by atoms with E-state index < -0.39 is 0 Å². The predicted molar refractivity (Wildman–Crippen MR) is 65.4 cm³/mol. The molecule has 0 bridgehead atoms. The Labute approximate surface area is 99.2 Å². The molecule has 1 N–H and O–H groups in total. The van der Waals surface area contributed by atoms with Gasteiger partial charge in [-0.2, -0.15) is 0 Å². The number of aliphatic hydroxyl groups is 1. The molecule has 96 valence electrons. The molecule has 1 unspecified atom stereocenters. The van der Waals surface area contributed by atoms with E-state index in [9.17, 15) is 4.79 Å². The minimum absolute atomic E-state index is 0.115. The van der Waals surface area contributed by atoms with Crippen molar-refractivity contribution in [3.05, 3.63) is 0 Å². The standard InChI is InChI=1S/C13H26O3/c1-12(7-10-15)6-4-8-13(2,3)16-11-5-9-14/h10,12,14H,4-9,11H2,1-3H3. The van der Waals surface area contributed by atoms with E-state index in [1.807, 2.05) is 0 Å². The Morgan fingerprint density at radius 3 is 2.62 bits per heavy atom. The Hall–Kier alpha value is -0.410. The zero-order valence-corrected chi connectivity index (χ0v) is 10.9. The first-order valence-corrected chi connectivity index (χ1v) is 6.20. The van der Waals surface area contributed by atoms with Gasteiger partial charge in [-0.1, -0.05) is 19.8 Å². The Morgan fingerprint density at radius 1 is 1.38 bits per heavy atom. The SMILES string of the molecule is CC(CC=O)CCCC(C)(C)OCCCO. The summed E-state index contributed by atoms with van der Waals surface area (Å²) in [5.41, 5.74) is -0.115. The molecule has 0 spiro atoms. The number of aldehydes is 1. The molecule has 0 radical (unpaired) electrons. The number of aliphatic hydroxyl groups excluding tert-OH is 1. The summed E-state index contributed by atoms with van der Waals surface area (Å²) in [6.45, 7) is 7.07. The fourth-order valence-corrected chi connectivity index (χ4v) is 1.64. The molecule has 0 aliphatic rings. The lowest BCUT2D eigenvalue weighted by molar-refractivity contribution is -0.108. The van der Waals surface area contributed by atoms with E-state index in [4.69, 9.17) is 9.84 Å². The van der Waals surface area contributed by atoms with E-state index >= 15 is 0 Å². The van der Waals surface area contributed by atoms with Crippen molar-refractivity contribution < 1.29 is 14.6 Å². The number of hydrogen-bond donors (Lipinski definition) is 1. The van der Waals surface area contributed by atoms with E-state index in [0.29, 0.717) is 25.4 Å². The van der Waals surface area contributed by atoms with Crippen molar-refractivity contribution in [2.45, 2.75) is 58.5 Å². The van der Waals surface area contributed by atoms with Crippen molar-refractivity contribution in [3.8, 4) is 0 Å². The largest absolute Gasteiger partial charge is 0.396 e. The van der Waals surface area contributed by atoms with Gasteiger partial charge in [0.2, 0.25) is 0 Å². The minimum Gasteiger partial charge on any atom is -0.396 e. The number of hydrogen-bond acceptors (Lipinski definition) is 3. The lowest BCUT2D eigenvalue weighted by Crippen LogP contribution is -2.25. The Balaban J connectivity index is 3.60. The van der Waals surface area contributed by atoms with Crippen LogP contribution in [-0.2, 0) is 9.53 Å². The maximum Gasteiger partial charge on any atom is 0.120 e.